The Bertz CT molecular complexity index is 1310. The van der Waals surface area contributed by atoms with Crippen LogP contribution in [-0.2, 0) is 6.54 Å². The number of nitrogens with zero attached hydrogens (tertiary/aromatic N) is 2. The van der Waals surface area contributed by atoms with Crippen molar-refractivity contribution in [1.29, 1.82) is 0 Å². The smallest absolute Gasteiger partial charge is 0.265 e. The van der Waals surface area contributed by atoms with Crippen molar-refractivity contribution in [2.24, 2.45) is 0 Å². The Morgan fingerprint density at radius 3 is 2.59 bits per heavy atom. The topological polar surface area (TPSA) is 62.3 Å². The summed E-state index contributed by atoms with van der Waals surface area (Å²) in [5.41, 5.74) is 4.03. The molecule has 1 aliphatic rings. The Labute approximate surface area is 194 Å². The zero-order chi connectivity index (χ0) is 22.1. The normalized spacial score (nSPS) is 12.5. The lowest BCUT2D eigenvalue weighted by Gasteiger charge is -2.22. The highest BCUT2D eigenvalue weighted by atomic mass is 32.2. The van der Waals surface area contributed by atoms with E-state index in [0.717, 1.165) is 26.7 Å². The third-order valence-electron chi connectivity index (χ3n) is 5.25. The van der Waals surface area contributed by atoms with E-state index < -0.39 is 0 Å². The van der Waals surface area contributed by atoms with Gasteiger partial charge in [-0.1, -0.05) is 30.0 Å². The van der Waals surface area contributed by atoms with Gasteiger partial charge in [0.2, 0.25) is 0 Å². The number of hydrogen-bond acceptors (Lipinski definition) is 5. The van der Waals surface area contributed by atoms with Crippen LogP contribution in [0.25, 0.3) is 0 Å². The number of nitrogens with one attached hydrogen (secondary N) is 1. The van der Waals surface area contributed by atoms with Crippen LogP contribution in [0.5, 0.6) is 0 Å². The van der Waals surface area contributed by atoms with Gasteiger partial charge in [-0.3, -0.25) is 9.59 Å². The molecule has 0 unspecified atom stereocenters. The number of pyridine rings is 1. The van der Waals surface area contributed by atoms with E-state index >= 15 is 0 Å². The maximum atomic E-state index is 13.5. The number of thiophene rings is 1. The fourth-order valence-corrected chi connectivity index (χ4v) is 5.42. The molecule has 0 fully saturated rings. The molecule has 0 saturated heterocycles. The highest BCUT2D eigenvalue weighted by Crippen LogP contribution is 2.40. The minimum absolute atomic E-state index is 0.108. The number of rotatable bonds is 3. The van der Waals surface area contributed by atoms with Gasteiger partial charge in [0.15, 0.2) is 0 Å². The van der Waals surface area contributed by atoms with E-state index in [1.165, 1.54) is 11.3 Å². The molecule has 2 aromatic heterocycles. The summed E-state index contributed by atoms with van der Waals surface area (Å²) in [6, 6.07) is 20.8. The van der Waals surface area contributed by atoms with Crippen molar-refractivity contribution in [2.75, 3.05) is 10.2 Å². The molecule has 4 aromatic rings. The van der Waals surface area contributed by atoms with E-state index in [1.807, 2.05) is 48.7 Å². The fourth-order valence-electron chi connectivity index (χ4n) is 3.59. The lowest BCUT2D eigenvalue weighted by Crippen LogP contribution is -2.30. The van der Waals surface area contributed by atoms with E-state index in [9.17, 15) is 9.59 Å². The van der Waals surface area contributed by atoms with Crippen molar-refractivity contribution in [1.82, 2.24) is 4.98 Å². The number of hydrogen-bond donors (Lipinski definition) is 1. The summed E-state index contributed by atoms with van der Waals surface area (Å²) in [5.74, 6) is -0.249. The summed E-state index contributed by atoms with van der Waals surface area (Å²) in [7, 11) is 0. The van der Waals surface area contributed by atoms with E-state index in [-0.39, 0.29) is 11.8 Å². The van der Waals surface area contributed by atoms with Crippen molar-refractivity contribution >= 4 is 46.3 Å². The highest BCUT2D eigenvalue weighted by molar-refractivity contribution is 7.99. The molecule has 1 aliphatic heterocycles. The van der Waals surface area contributed by atoms with Gasteiger partial charge in [0, 0.05) is 22.3 Å². The zero-order valence-corrected chi connectivity index (χ0v) is 18.9. The number of aryl methyl sites for hydroxylation is 1. The molecule has 5 rings (SSSR count). The van der Waals surface area contributed by atoms with Crippen LogP contribution >= 0.6 is 23.1 Å². The lowest BCUT2D eigenvalue weighted by atomic mass is 10.1. The molecule has 0 saturated carbocycles. The third-order valence-corrected chi connectivity index (χ3v) is 7.39. The average Bonchev–Trinajstić information content (AvgIpc) is 3.17. The Hall–Kier alpha value is -3.42. The Balaban J connectivity index is 1.41. The van der Waals surface area contributed by atoms with Crippen LogP contribution < -0.4 is 10.2 Å². The SMILES string of the molecule is Cc1ccsc1C(=O)Nc1ccc(C(=O)N2Cc3ccccc3Sc3ncccc32)cc1. The van der Waals surface area contributed by atoms with Crippen LogP contribution in [-0.4, -0.2) is 16.8 Å². The Morgan fingerprint density at radius 2 is 1.81 bits per heavy atom. The first-order valence-electron chi connectivity index (χ1n) is 10.1. The number of anilines is 2. The maximum Gasteiger partial charge on any atom is 0.265 e. The van der Waals surface area contributed by atoms with Gasteiger partial charge < -0.3 is 10.2 Å². The molecule has 1 N–H and O–H groups in total. The Kier molecular flexibility index (Phi) is 5.51. The minimum atomic E-state index is -0.141. The van der Waals surface area contributed by atoms with Crippen LogP contribution in [0.4, 0.5) is 11.4 Å². The van der Waals surface area contributed by atoms with Gasteiger partial charge in [-0.25, -0.2) is 4.98 Å². The standard InChI is InChI=1S/C25H19N3O2S2/c1-16-12-14-31-22(16)23(29)27-19-10-8-17(9-11-19)25(30)28-15-18-5-2-3-7-21(18)32-24-20(28)6-4-13-26-24/h2-14H,15H2,1H3,(H,27,29). The fraction of sp³-hybridized carbons (Fsp3) is 0.0800. The molecular weight excluding hydrogens is 438 g/mol. The molecule has 0 atom stereocenters. The number of benzene rings is 2. The molecule has 0 bridgehead atoms. The van der Waals surface area contributed by atoms with Crippen LogP contribution in [0.1, 0.15) is 31.2 Å². The van der Waals surface area contributed by atoms with Crippen LogP contribution in [0.3, 0.4) is 0 Å². The summed E-state index contributed by atoms with van der Waals surface area (Å²) >= 11 is 2.99. The van der Waals surface area contributed by atoms with Crippen molar-refractivity contribution < 1.29 is 9.59 Å². The van der Waals surface area contributed by atoms with Crippen molar-refractivity contribution in [3.8, 4) is 0 Å². The first-order valence-corrected chi connectivity index (χ1v) is 11.8. The second kappa shape index (κ2) is 8.61. The molecule has 3 heterocycles. The zero-order valence-electron chi connectivity index (χ0n) is 17.2. The first-order chi connectivity index (χ1) is 15.6. The predicted molar refractivity (Wildman–Crippen MR) is 129 cm³/mol. The molecular formula is C25H19N3O2S2. The summed E-state index contributed by atoms with van der Waals surface area (Å²) < 4.78 is 0. The van der Waals surface area contributed by atoms with Gasteiger partial charge in [-0.2, -0.15) is 0 Å². The largest absolute Gasteiger partial charge is 0.321 e. The van der Waals surface area contributed by atoms with Gasteiger partial charge in [0.1, 0.15) is 5.03 Å². The number of aromatic nitrogens is 1. The molecule has 2 amide bonds. The second-order valence-corrected chi connectivity index (χ2v) is 9.34. The molecule has 7 heteroatoms. The summed E-state index contributed by atoms with van der Waals surface area (Å²) in [6.07, 6.45) is 1.75. The molecule has 0 spiro atoms. The third kappa shape index (κ3) is 3.92. The monoisotopic (exact) mass is 457 g/mol. The molecule has 5 nitrogen and oxygen atoms in total. The molecule has 0 aliphatic carbocycles. The van der Waals surface area contributed by atoms with Crippen LogP contribution in [0.2, 0.25) is 0 Å². The van der Waals surface area contributed by atoms with Gasteiger partial charge in [0.05, 0.1) is 17.1 Å². The van der Waals surface area contributed by atoms with Crippen molar-refractivity contribution in [2.45, 2.75) is 23.4 Å². The van der Waals surface area contributed by atoms with Gasteiger partial charge >= 0.3 is 0 Å². The molecule has 0 radical (unpaired) electrons. The first kappa shape index (κ1) is 20.5. The quantitative estimate of drug-likeness (QED) is 0.409. The maximum absolute atomic E-state index is 13.5. The van der Waals surface area contributed by atoms with Gasteiger partial charge in [-0.05, 0) is 72.0 Å². The van der Waals surface area contributed by atoms with Crippen LogP contribution in [0.15, 0.2) is 88.2 Å². The minimum Gasteiger partial charge on any atom is -0.321 e. The number of amides is 2. The van der Waals surface area contributed by atoms with E-state index in [4.69, 9.17) is 0 Å². The number of carbonyl (C=O) groups is 2. The van der Waals surface area contributed by atoms with Gasteiger partial charge in [0.25, 0.3) is 11.8 Å². The number of carbonyl (C=O) groups excluding carboxylic acids is 2. The summed E-state index contributed by atoms with van der Waals surface area (Å²) in [4.78, 5) is 34.0. The summed E-state index contributed by atoms with van der Waals surface area (Å²) in [6.45, 7) is 2.38. The average molecular weight is 458 g/mol. The number of fused-ring (bicyclic) bond motifs is 2. The van der Waals surface area contributed by atoms with Crippen LogP contribution in [0, 0.1) is 6.92 Å². The van der Waals surface area contributed by atoms with Crippen molar-refractivity contribution in [3.63, 3.8) is 0 Å². The molecule has 158 valence electrons. The lowest BCUT2D eigenvalue weighted by molar-refractivity contribution is 0.0983. The van der Waals surface area contributed by atoms with Crippen molar-refractivity contribution in [3.05, 3.63) is 99.9 Å². The van der Waals surface area contributed by atoms with E-state index in [0.29, 0.717) is 22.7 Å². The van der Waals surface area contributed by atoms with E-state index in [1.54, 1.807) is 47.1 Å². The highest BCUT2D eigenvalue weighted by Gasteiger charge is 2.26. The second-order valence-electron chi connectivity index (χ2n) is 7.39. The van der Waals surface area contributed by atoms with Gasteiger partial charge in [-0.15, -0.1) is 11.3 Å². The predicted octanol–water partition coefficient (Wildman–Crippen LogP) is 6.02. The van der Waals surface area contributed by atoms with E-state index in [2.05, 4.69) is 16.4 Å². The summed E-state index contributed by atoms with van der Waals surface area (Å²) in [5, 5.41) is 5.61. The molecule has 32 heavy (non-hydrogen) atoms. The molecule has 2 aromatic carbocycles. The Morgan fingerprint density at radius 1 is 1.00 bits per heavy atom.